The predicted molar refractivity (Wildman–Crippen MR) is 82.5 cm³/mol. The highest BCUT2D eigenvalue weighted by Gasteiger charge is 2.10. The fraction of sp³-hybridized carbons (Fsp3) is 0.214. The number of thiazole rings is 1. The summed E-state index contributed by atoms with van der Waals surface area (Å²) in [6.45, 7) is 2.15. The van der Waals surface area contributed by atoms with Crippen LogP contribution in [0.2, 0.25) is 0 Å². The Bertz CT molecular complexity index is 676. The van der Waals surface area contributed by atoms with Gasteiger partial charge >= 0.3 is 0 Å². The fourth-order valence-corrected chi connectivity index (χ4v) is 3.60. The monoisotopic (exact) mass is 290 g/mol. The molecule has 3 nitrogen and oxygen atoms in total. The minimum absolute atomic E-state index is 0.280. The number of fused-ring (bicyclic) bond motifs is 1. The highest BCUT2D eigenvalue weighted by molar-refractivity contribution is 7.22. The number of ether oxygens (including phenoxy) is 1. The smallest absolute Gasteiger partial charge is 0.184 e. The lowest BCUT2D eigenvalue weighted by molar-refractivity contribution is 0.415. The SMILES string of the molecule is COc1ccc2nc(NC(C)c3cccs3)sc2c1. The van der Waals surface area contributed by atoms with Crippen LogP contribution in [-0.2, 0) is 0 Å². The van der Waals surface area contributed by atoms with Crippen LogP contribution >= 0.6 is 22.7 Å². The maximum atomic E-state index is 5.23. The number of nitrogens with zero attached hydrogens (tertiary/aromatic N) is 1. The highest BCUT2D eigenvalue weighted by Crippen LogP contribution is 2.31. The Labute approximate surface area is 119 Å². The number of methoxy groups -OCH3 is 1. The molecule has 0 fully saturated rings. The third-order valence-corrected chi connectivity index (χ3v) is 4.91. The molecule has 0 saturated carbocycles. The minimum Gasteiger partial charge on any atom is -0.497 e. The molecular weight excluding hydrogens is 276 g/mol. The molecule has 0 aliphatic carbocycles. The second kappa shape index (κ2) is 5.19. The fourth-order valence-electron chi connectivity index (χ4n) is 1.89. The number of thiophene rings is 1. The zero-order chi connectivity index (χ0) is 13.2. The van der Waals surface area contributed by atoms with Gasteiger partial charge in [-0.05, 0) is 36.6 Å². The van der Waals surface area contributed by atoms with Gasteiger partial charge in [-0.3, -0.25) is 0 Å². The van der Waals surface area contributed by atoms with Gasteiger partial charge < -0.3 is 10.1 Å². The lowest BCUT2D eigenvalue weighted by atomic mass is 10.3. The van der Waals surface area contributed by atoms with Crippen LogP contribution in [0, 0.1) is 0 Å². The summed E-state index contributed by atoms with van der Waals surface area (Å²) in [6, 6.07) is 10.4. The average molecular weight is 290 g/mol. The second-order valence-corrected chi connectivity index (χ2v) is 6.24. The van der Waals surface area contributed by atoms with Crippen molar-refractivity contribution in [3.05, 3.63) is 40.6 Å². The van der Waals surface area contributed by atoms with Crippen molar-refractivity contribution in [3.8, 4) is 5.75 Å². The third kappa shape index (κ3) is 2.57. The van der Waals surface area contributed by atoms with E-state index >= 15 is 0 Å². The maximum absolute atomic E-state index is 5.23. The van der Waals surface area contributed by atoms with Gasteiger partial charge in [-0.25, -0.2) is 4.98 Å². The summed E-state index contributed by atoms with van der Waals surface area (Å²) < 4.78 is 6.37. The number of hydrogen-bond acceptors (Lipinski definition) is 5. The van der Waals surface area contributed by atoms with E-state index in [1.54, 1.807) is 29.8 Å². The van der Waals surface area contributed by atoms with E-state index in [0.29, 0.717) is 0 Å². The Morgan fingerprint density at radius 3 is 2.95 bits per heavy atom. The maximum Gasteiger partial charge on any atom is 0.184 e. The van der Waals surface area contributed by atoms with Crippen LogP contribution in [0.4, 0.5) is 5.13 Å². The molecule has 1 unspecified atom stereocenters. The van der Waals surface area contributed by atoms with Gasteiger partial charge in [0.05, 0.1) is 23.4 Å². The second-order valence-electron chi connectivity index (χ2n) is 4.23. The molecule has 1 N–H and O–H groups in total. The van der Waals surface area contributed by atoms with Gasteiger partial charge in [-0.15, -0.1) is 11.3 Å². The lowest BCUT2D eigenvalue weighted by Crippen LogP contribution is -2.03. The Kier molecular flexibility index (Phi) is 3.40. The molecule has 0 aliphatic rings. The molecule has 1 atom stereocenters. The van der Waals surface area contributed by atoms with Crippen molar-refractivity contribution in [1.29, 1.82) is 0 Å². The summed E-state index contributed by atoms with van der Waals surface area (Å²) in [5.41, 5.74) is 1.01. The van der Waals surface area contributed by atoms with E-state index in [-0.39, 0.29) is 6.04 Å². The van der Waals surface area contributed by atoms with Gasteiger partial charge in [0, 0.05) is 4.88 Å². The van der Waals surface area contributed by atoms with Crippen molar-refractivity contribution in [2.45, 2.75) is 13.0 Å². The van der Waals surface area contributed by atoms with Gasteiger partial charge in [0.2, 0.25) is 0 Å². The summed E-state index contributed by atoms with van der Waals surface area (Å²) in [6.07, 6.45) is 0. The summed E-state index contributed by atoms with van der Waals surface area (Å²) in [7, 11) is 1.68. The normalized spacial score (nSPS) is 12.5. The zero-order valence-electron chi connectivity index (χ0n) is 10.7. The van der Waals surface area contributed by atoms with E-state index in [0.717, 1.165) is 21.1 Å². The highest BCUT2D eigenvalue weighted by atomic mass is 32.1. The first-order chi connectivity index (χ1) is 9.26. The Hall–Kier alpha value is -1.59. The van der Waals surface area contributed by atoms with E-state index in [9.17, 15) is 0 Å². The van der Waals surface area contributed by atoms with Gasteiger partial charge in [-0.2, -0.15) is 0 Å². The summed E-state index contributed by atoms with van der Waals surface area (Å²) in [5, 5.41) is 6.49. The molecule has 0 saturated heterocycles. The zero-order valence-corrected chi connectivity index (χ0v) is 12.3. The van der Waals surface area contributed by atoms with E-state index in [4.69, 9.17) is 4.74 Å². The van der Waals surface area contributed by atoms with E-state index in [2.05, 4.69) is 34.7 Å². The van der Waals surface area contributed by atoms with Crippen LogP contribution in [-0.4, -0.2) is 12.1 Å². The molecule has 0 bridgehead atoms. The van der Waals surface area contributed by atoms with Crippen molar-refractivity contribution in [2.75, 3.05) is 12.4 Å². The molecule has 2 heterocycles. The molecule has 5 heteroatoms. The average Bonchev–Trinajstić information content (AvgIpc) is 3.06. The summed E-state index contributed by atoms with van der Waals surface area (Å²) in [5.74, 6) is 0.869. The Morgan fingerprint density at radius 1 is 1.32 bits per heavy atom. The third-order valence-electron chi connectivity index (χ3n) is 2.91. The summed E-state index contributed by atoms with van der Waals surface area (Å²) in [4.78, 5) is 5.91. The van der Waals surface area contributed by atoms with Crippen molar-refractivity contribution in [2.24, 2.45) is 0 Å². The van der Waals surface area contributed by atoms with Gasteiger partial charge in [0.1, 0.15) is 5.75 Å². The van der Waals surface area contributed by atoms with Crippen LogP contribution in [0.5, 0.6) is 5.75 Å². The van der Waals surface area contributed by atoms with Crippen LogP contribution < -0.4 is 10.1 Å². The van der Waals surface area contributed by atoms with E-state index in [1.807, 2.05) is 18.2 Å². The van der Waals surface area contributed by atoms with Crippen LogP contribution in [0.15, 0.2) is 35.7 Å². The number of benzene rings is 1. The number of nitrogens with one attached hydrogen (secondary N) is 1. The first-order valence-corrected chi connectivity index (χ1v) is 7.70. The molecule has 0 spiro atoms. The Morgan fingerprint density at radius 2 is 2.21 bits per heavy atom. The molecule has 3 rings (SSSR count). The molecule has 1 aromatic carbocycles. The molecule has 0 amide bonds. The van der Waals surface area contributed by atoms with E-state index < -0.39 is 0 Å². The number of hydrogen-bond donors (Lipinski definition) is 1. The van der Waals surface area contributed by atoms with Crippen molar-refractivity contribution < 1.29 is 4.74 Å². The molecule has 19 heavy (non-hydrogen) atoms. The topological polar surface area (TPSA) is 34.1 Å². The number of anilines is 1. The first-order valence-electron chi connectivity index (χ1n) is 6.01. The standard InChI is InChI=1S/C14H14N2OS2/c1-9(12-4-3-7-18-12)15-14-16-11-6-5-10(17-2)8-13(11)19-14/h3-9H,1-2H3,(H,15,16). The summed E-state index contributed by atoms with van der Waals surface area (Å²) >= 11 is 3.41. The predicted octanol–water partition coefficient (Wildman–Crippen LogP) is 4.54. The first kappa shape index (κ1) is 12.4. The quantitative estimate of drug-likeness (QED) is 0.766. The molecule has 0 radical (unpaired) electrons. The van der Waals surface area contributed by atoms with Crippen LogP contribution in [0.25, 0.3) is 10.2 Å². The van der Waals surface area contributed by atoms with Crippen LogP contribution in [0.1, 0.15) is 17.8 Å². The van der Waals surface area contributed by atoms with Crippen molar-refractivity contribution >= 4 is 38.0 Å². The van der Waals surface area contributed by atoms with Gasteiger partial charge in [0.15, 0.2) is 5.13 Å². The van der Waals surface area contributed by atoms with Crippen molar-refractivity contribution in [1.82, 2.24) is 4.98 Å². The minimum atomic E-state index is 0.280. The van der Waals surface area contributed by atoms with Gasteiger partial charge in [-0.1, -0.05) is 17.4 Å². The lowest BCUT2D eigenvalue weighted by Gasteiger charge is -2.09. The Balaban J connectivity index is 1.85. The van der Waals surface area contributed by atoms with Crippen LogP contribution in [0.3, 0.4) is 0 Å². The molecule has 98 valence electrons. The molecule has 0 aliphatic heterocycles. The molecule has 2 aromatic heterocycles. The van der Waals surface area contributed by atoms with Crippen molar-refractivity contribution in [3.63, 3.8) is 0 Å². The van der Waals surface area contributed by atoms with E-state index in [1.165, 1.54) is 4.88 Å². The number of rotatable bonds is 4. The molecular formula is C14H14N2OS2. The van der Waals surface area contributed by atoms with Gasteiger partial charge in [0.25, 0.3) is 0 Å². The molecule has 3 aromatic rings. The largest absolute Gasteiger partial charge is 0.497 e. The number of aromatic nitrogens is 1.